The number of ether oxygens (including phenoxy) is 2. The Labute approximate surface area is 147 Å². The van der Waals surface area contributed by atoms with Gasteiger partial charge in [0, 0.05) is 18.7 Å². The molecular weight excluding hydrogens is 322 g/mol. The van der Waals surface area contributed by atoms with E-state index >= 15 is 0 Å². The number of hydrogen-bond donors (Lipinski definition) is 0. The zero-order valence-electron chi connectivity index (χ0n) is 14.5. The minimum absolute atomic E-state index is 0.00950. The molecule has 2 rings (SSSR count). The van der Waals surface area contributed by atoms with E-state index in [9.17, 15) is 10.1 Å². The van der Waals surface area contributed by atoms with Crippen LogP contribution in [0.15, 0.2) is 34.9 Å². The molecule has 25 heavy (non-hydrogen) atoms. The molecule has 0 bridgehead atoms. The van der Waals surface area contributed by atoms with Gasteiger partial charge in [-0.3, -0.25) is 10.1 Å². The van der Waals surface area contributed by atoms with Crippen LogP contribution in [-0.2, 0) is 4.74 Å². The summed E-state index contributed by atoms with van der Waals surface area (Å²) in [4.78, 5) is 10.5. The van der Waals surface area contributed by atoms with Crippen molar-refractivity contribution in [2.24, 2.45) is 0 Å². The number of allylic oxidation sites excluding steroid dienone is 1. The number of nitrogens with zero attached hydrogens (tertiary/aromatic N) is 1. The van der Waals surface area contributed by atoms with Gasteiger partial charge in [-0.15, -0.1) is 0 Å². The first kappa shape index (κ1) is 18.7. The third-order valence-electron chi connectivity index (χ3n) is 3.66. The molecule has 0 fully saturated rings. The summed E-state index contributed by atoms with van der Waals surface area (Å²) in [5, 5.41) is 11.0. The monoisotopic (exact) mass is 344 g/mol. The molecular formula is C19H22NO5. The van der Waals surface area contributed by atoms with E-state index in [0.29, 0.717) is 5.56 Å². The molecule has 0 spiro atoms. The topological polar surface area (TPSA) is 74.7 Å². The lowest BCUT2D eigenvalue weighted by Crippen LogP contribution is -2.01. The van der Waals surface area contributed by atoms with Crippen LogP contribution in [0.25, 0.3) is 11.6 Å². The van der Waals surface area contributed by atoms with Crippen LogP contribution < -0.4 is 4.74 Å². The van der Waals surface area contributed by atoms with Gasteiger partial charge in [-0.25, -0.2) is 0 Å². The average molecular weight is 344 g/mol. The fourth-order valence-corrected chi connectivity index (χ4v) is 2.41. The molecule has 0 aliphatic heterocycles. The number of unbranched alkanes of at least 4 members (excludes halogenated alkanes) is 2. The highest BCUT2D eigenvalue weighted by Gasteiger charge is 2.14. The van der Waals surface area contributed by atoms with Crippen LogP contribution in [0.4, 0.5) is 5.69 Å². The van der Waals surface area contributed by atoms with Gasteiger partial charge >= 0.3 is 0 Å². The van der Waals surface area contributed by atoms with Crippen LogP contribution in [0.3, 0.4) is 0 Å². The van der Waals surface area contributed by atoms with Crippen molar-refractivity contribution >= 4 is 17.3 Å². The van der Waals surface area contributed by atoms with Gasteiger partial charge in [0.05, 0.1) is 11.2 Å². The molecule has 1 radical (unpaired) electrons. The third-order valence-corrected chi connectivity index (χ3v) is 3.66. The lowest BCUT2D eigenvalue weighted by molar-refractivity contribution is -0.385. The Morgan fingerprint density at radius 3 is 2.84 bits per heavy atom. The Morgan fingerprint density at radius 2 is 2.20 bits per heavy atom. The molecule has 0 aliphatic carbocycles. The fourth-order valence-electron chi connectivity index (χ4n) is 2.41. The summed E-state index contributed by atoms with van der Waals surface area (Å²) in [5.74, 6) is 1.07. The van der Waals surface area contributed by atoms with E-state index in [2.05, 4.69) is 13.0 Å². The van der Waals surface area contributed by atoms with Crippen molar-refractivity contribution in [1.29, 1.82) is 0 Å². The molecule has 6 nitrogen and oxygen atoms in total. The molecule has 1 aromatic heterocycles. The second kappa shape index (κ2) is 9.64. The first-order chi connectivity index (χ1) is 12.2. The summed E-state index contributed by atoms with van der Waals surface area (Å²) < 4.78 is 15.9. The van der Waals surface area contributed by atoms with Crippen molar-refractivity contribution in [2.45, 2.75) is 32.6 Å². The van der Waals surface area contributed by atoms with E-state index in [1.165, 1.54) is 13.2 Å². The van der Waals surface area contributed by atoms with Gasteiger partial charge in [0.15, 0.2) is 6.79 Å². The summed E-state index contributed by atoms with van der Waals surface area (Å²) in [6, 6.07) is 9.50. The van der Waals surface area contributed by atoms with Crippen molar-refractivity contribution in [3.05, 3.63) is 58.0 Å². The minimum Gasteiger partial charge on any atom is -0.466 e. The maximum atomic E-state index is 11.0. The highest BCUT2D eigenvalue weighted by atomic mass is 16.7. The largest absolute Gasteiger partial charge is 0.466 e. The van der Waals surface area contributed by atoms with Crippen molar-refractivity contribution in [3.8, 4) is 5.75 Å². The van der Waals surface area contributed by atoms with E-state index in [-0.39, 0.29) is 18.2 Å². The number of methoxy groups -OCH3 is 1. The first-order valence-corrected chi connectivity index (χ1v) is 8.22. The van der Waals surface area contributed by atoms with Gasteiger partial charge in [-0.05, 0) is 42.7 Å². The highest BCUT2D eigenvalue weighted by Crippen LogP contribution is 2.30. The number of nitro benzene ring substituents is 1. The van der Waals surface area contributed by atoms with Gasteiger partial charge in [0.1, 0.15) is 17.6 Å². The second-order valence-corrected chi connectivity index (χ2v) is 5.54. The molecule has 1 aromatic carbocycles. The number of nitro groups is 1. The zero-order valence-corrected chi connectivity index (χ0v) is 14.5. The Kier molecular flexibility index (Phi) is 7.22. The third kappa shape index (κ3) is 5.46. The predicted octanol–water partition coefficient (Wildman–Crippen LogP) is 5.09. The van der Waals surface area contributed by atoms with E-state index in [0.717, 1.165) is 37.0 Å². The predicted molar refractivity (Wildman–Crippen MR) is 95.2 cm³/mol. The highest BCUT2D eigenvalue weighted by molar-refractivity contribution is 5.81. The number of non-ortho nitro benzene ring substituents is 1. The zero-order chi connectivity index (χ0) is 18.1. The van der Waals surface area contributed by atoms with Crippen molar-refractivity contribution in [3.63, 3.8) is 0 Å². The van der Waals surface area contributed by atoms with Gasteiger partial charge in [0.25, 0.3) is 5.69 Å². The van der Waals surface area contributed by atoms with Gasteiger partial charge in [-0.2, -0.15) is 0 Å². The maximum Gasteiger partial charge on any atom is 0.281 e. The summed E-state index contributed by atoms with van der Waals surface area (Å²) >= 11 is 0. The quantitative estimate of drug-likeness (QED) is 0.260. The van der Waals surface area contributed by atoms with Gasteiger partial charge in [-0.1, -0.05) is 19.8 Å². The molecule has 0 unspecified atom stereocenters. The lowest BCUT2D eigenvalue weighted by Gasteiger charge is -2.10. The van der Waals surface area contributed by atoms with Crippen molar-refractivity contribution in [1.82, 2.24) is 0 Å². The van der Waals surface area contributed by atoms with E-state index in [4.69, 9.17) is 13.9 Å². The molecule has 0 amide bonds. The van der Waals surface area contributed by atoms with E-state index < -0.39 is 4.92 Å². The molecule has 2 aromatic rings. The number of benzene rings is 1. The first-order valence-electron chi connectivity index (χ1n) is 8.22. The molecule has 6 heteroatoms. The molecule has 1 heterocycles. The number of rotatable bonds is 10. The molecule has 133 valence electrons. The Bertz CT molecular complexity index is 707. The van der Waals surface area contributed by atoms with E-state index in [1.54, 1.807) is 12.3 Å². The molecule has 0 N–H and O–H groups in total. The summed E-state index contributed by atoms with van der Waals surface area (Å²) in [6.07, 6.45) is 7.69. The molecule has 0 saturated heterocycles. The number of furan rings is 1. The SMILES string of the molecule is CCCCC/C(=C\c1ccc([N+](=O)[O-])[c]c1OCOC)c1ccco1. The minimum atomic E-state index is -0.498. The van der Waals surface area contributed by atoms with Crippen molar-refractivity contribution in [2.75, 3.05) is 13.9 Å². The Morgan fingerprint density at radius 1 is 1.36 bits per heavy atom. The van der Waals surface area contributed by atoms with Gasteiger partial charge < -0.3 is 13.9 Å². The van der Waals surface area contributed by atoms with Gasteiger partial charge in [0.2, 0.25) is 0 Å². The lowest BCUT2D eigenvalue weighted by atomic mass is 10.0. The average Bonchev–Trinajstić information content (AvgIpc) is 3.14. The summed E-state index contributed by atoms with van der Waals surface area (Å²) in [5.41, 5.74) is 1.57. The molecule has 0 saturated carbocycles. The smallest absolute Gasteiger partial charge is 0.281 e. The van der Waals surface area contributed by atoms with Crippen LogP contribution >= 0.6 is 0 Å². The summed E-state index contributed by atoms with van der Waals surface area (Å²) in [6.45, 7) is 2.14. The maximum absolute atomic E-state index is 11.0. The van der Waals surface area contributed by atoms with Crippen molar-refractivity contribution < 1.29 is 18.8 Å². The summed E-state index contributed by atoms with van der Waals surface area (Å²) in [7, 11) is 1.49. The number of hydrogen-bond acceptors (Lipinski definition) is 5. The molecule has 0 atom stereocenters. The Hall–Kier alpha value is -2.60. The van der Waals surface area contributed by atoms with Crippen LogP contribution in [0.2, 0.25) is 0 Å². The fraction of sp³-hybridized carbons (Fsp3) is 0.368. The standard InChI is InChI=1S/C19H22NO5/c1-3-4-5-7-15(18-8-6-11-24-18)12-16-9-10-17(20(21)22)13-19(16)25-14-23-2/h6,8-12H,3-5,7,14H2,1-2H3/b15-12+. The second-order valence-electron chi connectivity index (χ2n) is 5.54. The Balaban J connectivity index is 2.37. The van der Waals surface area contributed by atoms with Crippen LogP contribution in [0, 0.1) is 16.2 Å². The van der Waals surface area contributed by atoms with Crippen LogP contribution in [-0.4, -0.2) is 18.8 Å². The van der Waals surface area contributed by atoms with Crippen LogP contribution in [0.1, 0.15) is 43.9 Å². The van der Waals surface area contributed by atoms with E-state index in [1.807, 2.05) is 18.2 Å². The van der Waals surface area contributed by atoms with Crippen LogP contribution in [0.5, 0.6) is 5.75 Å². The normalized spacial score (nSPS) is 11.5. The molecule has 0 aliphatic rings.